The van der Waals surface area contributed by atoms with Gasteiger partial charge < -0.3 is 19.8 Å². The second-order valence-corrected chi connectivity index (χ2v) is 7.74. The van der Waals surface area contributed by atoms with E-state index in [1.54, 1.807) is 12.1 Å². The Morgan fingerprint density at radius 2 is 1.65 bits per heavy atom. The second kappa shape index (κ2) is 8.56. The first-order valence-corrected chi connectivity index (χ1v) is 9.68. The summed E-state index contributed by atoms with van der Waals surface area (Å²) in [7, 11) is 2.06. The lowest BCUT2D eigenvalue weighted by atomic mass is 10.2. The summed E-state index contributed by atoms with van der Waals surface area (Å²) in [4.78, 5) is 18.0. The van der Waals surface area contributed by atoms with Crippen molar-refractivity contribution in [2.45, 2.75) is 6.54 Å². The van der Waals surface area contributed by atoms with Crippen molar-refractivity contribution in [2.75, 3.05) is 44.7 Å². The molecule has 2 aromatic carbocycles. The number of likely N-dealkylation sites (N-methyl/N-ethyl adjacent to an activating group) is 1. The van der Waals surface area contributed by atoms with E-state index in [0.717, 1.165) is 42.9 Å². The van der Waals surface area contributed by atoms with E-state index < -0.39 is 0 Å². The number of amides is 1. The first-order valence-electron chi connectivity index (χ1n) is 8.89. The number of aromatic hydroxyl groups is 1. The van der Waals surface area contributed by atoms with Gasteiger partial charge in [-0.3, -0.25) is 4.79 Å². The van der Waals surface area contributed by atoms with Crippen LogP contribution >= 0.6 is 15.9 Å². The monoisotopic (exact) mass is 418 g/mol. The second-order valence-electron chi connectivity index (χ2n) is 6.82. The van der Waals surface area contributed by atoms with Crippen LogP contribution in [-0.4, -0.2) is 55.7 Å². The van der Waals surface area contributed by atoms with Crippen LogP contribution in [0.2, 0.25) is 0 Å². The van der Waals surface area contributed by atoms with Gasteiger partial charge >= 0.3 is 0 Å². The van der Waals surface area contributed by atoms with Crippen LogP contribution in [0.1, 0.15) is 5.56 Å². The van der Waals surface area contributed by atoms with Crippen LogP contribution in [0.25, 0.3) is 0 Å². The number of nitrogens with one attached hydrogen (secondary N) is 1. The van der Waals surface area contributed by atoms with Gasteiger partial charge in [0, 0.05) is 41.9 Å². The molecule has 0 aromatic heterocycles. The summed E-state index contributed by atoms with van der Waals surface area (Å²) in [6, 6.07) is 15.5. The third-order valence-corrected chi connectivity index (χ3v) is 5.25. The van der Waals surface area contributed by atoms with Crippen LogP contribution in [0.15, 0.2) is 53.0 Å². The number of nitrogens with zero attached hydrogens (tertiary/aromatic N) is 2. The fourth-order valence-corrected chi connectivity index (χ4v) is 3.53. The summed E-state index contributed by atoms with van der Waals surface area (Å²) in [6.45, 7) is 4.48. The van der Waals surface area contributed by atoms with Crippen molar-refractivity contribution in [3.8, 4) is 5.75 Å². The van der Waals surface area contributed by atoms with Crippen LogP contribution in [0.5, 0.6) is 5.75 Å². The molecule has 0 bridgehead atoms. The molecule has 1 aliphatic rings. The Bertz CT molecular complexity index is 726. The van der Waals surface area contributed by atoms with Gasteiger partial charge in [-0.1, -0.05) is 28.1 Å². The Hall–Kier alpha value is -2.05. The molecule has 138 valence electrons. The molecule has 0 radical (unpaired) electrons. The lowest BCUT2D eigenvalue weighted by Crippen LogP contribution is -3.09. The summed E-state index contributed by atoms with van der Waals surface area (Å²) in [5.74, 6) is 0.490. The molecule has 1 amide bonds. The molecule has 0 saturated carbocycles. The molecular weight excluding hydrogens is 394 g/mol. The van der Waals surface area contributed by atoms with Gasteiger partial charge in [0.15, 0.2) is 6.54 Å². The Morgan fingerprint density at radius 3 is 2.27 bits per heavy atom. The highest BCUT2D eigenvalue weighted by Crippen LogP contribution is 2.19. The predicted molar refractivity (Wildman–Crippen MR) is 106 cm³/mol. The zero-order chi connectivity index (χ0) is 18.5. The van der Waals surface area contributed by atoms with Crippen LogP contribution in [-0.2, 0) is 11.3 Å². The number of carbonyl (C=O) groups is 1. The Morgan fingerprint density at radius 1 is 1.04 bits per heavy atom. The normalized spacial score (nSPS) is 15.8. The average molecular weight is 419 g/mol. The molecule has 0 spiro atoms. The van der Waals surface area contributed by atoms with E-state index in [1.165, 1.54) is 10.5 Å². The number of anilines is 1. The van der Waals surface area contributed by atoms with E-state index in [2.05, 4.69) is 40.0 Å². The van der Waals surface area contributed by atoms with Crippen molar-refractivity contribution in [1.82, 2.24) is 4.90 Å². The Balaban J connectivity index is 1.47. The first-order chi connectivity index (χ1) is 12.5. The maximum Gasteiger partial charge on any atom is 0.277 e. The third-order valence-electron chi connectivity index (χ3n) is 4.72. The minimum absolute atomic E-state index is 0.213. The van der Waals surface area contributed by atoms with Crippen molar-refractivity contribution in [2.24, 2.45) is 0 Å². The number of halogens is 1. The lowest BCUT2D eigenvalue weighted by molar-refractivity contribution is -0.885. The molecule has 6 heteroatoms. The fourth-order valence-electron chi connectivity index (χ4n) is 3.26. The van der Waals surface area contributed by atoms with E-state index in [1.807, 2.05) is 29.2 Å². The van der Waals surface area contributed by atoms with Crippen molar-refractivity contribution in [3.05, 3.63) is 58.6 Å². The molecule has 2 N–H and O–H groups in total. The Kier molecular flexibility index (Phi) is 6.16. The Labute approximate surface area is 163 Å². The summed E-state index contributed by atoms with van der Waals surface area (Å²) in [5.41, 5.74) is 2.32. The first kappa shape index (κ1) is 18.7. The van der Waals surface area contributed by atoms with Gasteiger partial charge in [-0.25, -0.2) is 0 Å². The summed E-state index contributed by atoms with van der Waals surface area (Å²) < 4.78 is 1.07. The van der Waals surface area contributed by atoms with E-state index in [4.69, 9.17) is 0 Å². The van der Waals surface area contributed by atoms with E-state index in [9.17, 15) is 9.90 Å². The average Bonchev–Trinajstić information content (AvgIpc) is 2.64. The van der Waals surface area contributed by atoms with Gasteiger partial charge in [0.1, 0.15) is 12.3 Å². The number of rotatable bonds is 5. The third kappa shape index (κ3) is 4.99. The number of hydrogen-bond donors (Lipinski definition) is 2. The maximum atomic E-state index is 12.6. The molecule has 2 aromatic rings. The highest BCUT2D eigenvalue weighted by atomic mass is 79.9. The predicted octanol–water partition coefficient (Wildman–Crippen LogP) is 1.52. The van der Waals surface area contributed by atoms with Gasteiger partial charge in [0.05, 0.1) is 7.05 Å². The highest BCUT2D eigenvalue weighted by Gasteiger charge is 2.23. The van der Waals surface area contributed by atoms with Crippen molar-refractivity contribution in [3.63, 3.8) is 0 Å². The molecule has 3 rings (SSSR count). The van der Waals surface area contributed by atoms with Gasteiger partial charge in [-0.2, -0.15) is 0 Å². The topological polar surface area (TPSA) is 48.2 Å². The molecule has 1 unspecified atom stereocenters. The molecule has 1 saturated heterocycles. The minimum atomic E-state index is 0.213. The number of phenols is 1. The van der Waals surface area contributed by atoms with Crippen LogP contribution in [0, 0.1) is 0 Å². The number of benzene rings is 2. The van der Waals surface area contributed by atoms with Crippen LogP contribution in [0.4, 0.5) is 5.69 Å². The molecule has 1 atom stereocenters. The number of hydrogen-bond acceptors (Lipinski definition) is 3. The van der Waals surface area contributed by atoms with Gasteiger partial charge in [-0.05, 0) is 36.4 Å². The number of quaternary nitrogens is 1. The number of piperazine rings is 1. The SMILES string of the molecule is C[NH+](CC(=O)N1CCN(c2ccc(O)cc2)CC1)Cc1ccc(Br)cc1. The molecule has 5 nitrogen and oxygen atoms in total. The number of carbonyl (C=O) groups excluding carboxylic acids is 1. The molecule has 26 heavy (non-hydrogen) atoms. The molecule has 1 fully saturated rings. The standard InChI is InChI=1S/C20H24BrN3O2/c1-22(14-16-2-4-17(21)5-3-16)15-20(26)24-12-10-23(11-13-24)18-6-8-19(25)9-7-18/h2-9,25H,10-15H2,1H3/p+1. The van der Waals surface area contributed by atoms with Crippen LogP contribution in [0.3, 0.4) is 0 Å². The van der Waals surface area contributed by atoms with Gasteiger partial charge in [-0.15, -0.1) is 0 Å². The molecular formula is C20H25BrN3O2+. The van der Waals surface area contributed by atoms with Crippen molar-refractivity contribution in [1.29, 1.82) is 0 Å². The quantitative estimate of drug-likeness (QED) is 0.773. The zero-order valence-electron chi connectivity index (χ0n) is 15.0. The minimum Gasteiger partial charge on any atom is -0.508 e. The summed E-state index contributed by atoms with van der Waals surface area (Å²) in [5, 5.41) is 9.40. The van der Waals surface area contributed by atoms with E-state index in [-0.39, 0.29) is 11.7 Å². The number of phenolic OH excluding ortho intramolecular Hbond substituents is 1. The summed E-state index contributed by atoms with van der Waals surface area (Å²) in [6.07, 6.45) is 0. The maximum absolute atomic E-state index is 12.6. The van der Waals surface area contributed by atoms with Gasteiger partial charge in [0.2, 0.25) is 0 Å². The molecule has 1 aliphatic heterocycles. The van der Waals surface area contributed by atoms with Crippen molar-refractivity contribution >= 4 is 27.5 Å². The molecule has 0 aliphatic carbocycles. The van der Waals surface area contributed by atoms with E-state index >= 15 is 0 Å². The molecule has 1 heterocycles. The van der Waals surface area contributed by atoms with Gasteiger partial charge in [0.25, 0.3) is 5.91 Å². The highest BCUT2D eigenvalue weighted by molar-refractivity contribution is 9.10. The van der Waals surface area contributed by atoms with Crippen molar-refractivity contribution < 1.29 is 14.8 Å². The lowest BCUT2D eigenvalue weighted by Gasteiger charge is -2.36. The van der Waals surface area contributed by atoms with E-state index in [0.29, 0.717) is 6.54 Å². The van der Waals surface area contributed by atoms with Crippen LogP contribution < -0.4 is 9.80 Å². The summed E-state index contributed by atoms with van der Waals surface area (Å²) >= 11 is 3.45. The fraction of sp³-hybridized carbons (Fsp3) is 0.350. The smallest absolute Gasteiger partial charge is 0.277 e. The zero-order valence-corrected chi connectivity index (χ0v) is 16.6. The largest absolute Gasteiger partial charge is 0.508 e.